The van der Waals surface area contributed by atoms with Crippen molar-refractivity contribution in [3.05, 3.63) is 47.7 Å². The summed E-state index contributed by atoms with van der Waals surface area (Å²) < 4.78 is 44.5. The van der Waals surface area contributed by atoms with Gasteiger partial charge in [-0.3, -0.25) is 14.8 Å². The second kappa shape index (κ2) is 10.4. The summed E-state index contributed by atoms with van der Waals surface area (Å²) in [5.74, 6) is 0.499. The molecule has 1 aliphatic carbocycles. The fraction of sp³-hybridized carbons (Fsp3) is 0.500. The molecule has 4 N–H and O–H groups in total. The van der Waals surface area contributed by atoms with Crippen molar-refractivity contribution in [1.29, 1.82) is 0 Å². The topological polar surface area (TPSA) is 115 Å². The first-order valence-corrected chi connectivity index (χ1v) is 12.8. The number of carbonyl (C=O) groups excluding carboxylic acids is 1. The lowest BCUT2D eigenvalue weighted by molar-refractivity contribution is -0.137. The van der Waals surface area contributed by atoms with Gasteiger partial charge in [-0.25, -0.2) is 4.98 Å². The molecule has 1 aromatic carbocycles. The molecule has 2 fully saturated rings. The van der Waals surface area contributed by atoms with Crippen LogP contribution in [0.5, 0.6) is 5.88 Å². The van der Waals surface area contributed by atoms with Gasteiger partial charge < -0.3 is 20.5 Å². The molecule has 1 saturated carbocycles. The lowest BCUT2D eigenvalue weighted by Gasteiger charge is -2.48. The van der Waals surface area contributed by atoms with Crippen LogP contribution in [0.25, 0.3) is 10.9 Å². The Bertz CT molecular complexity index is 1270. The van der Waals surface area contributed by atoms with Crippen molar-refractivity contribution < 1.29 is 27.8 Å². The van der Waals surface area contributed by atoms with Crippen LogP contribution < -0.4 is 15.4 Å². The van der Waals surface area contributed by atoms with Gasteiger partial charge in [0.1, 0.15) is 0 Å². The van der Waals surface area contributed by atoms with Crippen LogP contribution in [0.3, 0.4) is 0 Å². The minimum atomic E-state index is -4.46. The molecule has 0 unspecified atom stereocenters. The first-order chi connectivity index (χ1) is 18.1. The van der Waals surface area contributed by atoms with Gasteiger partial charge >= 0.3 is 6.18 Å². The number of nitrogens with zero attached hydrogens (tertiary/aromatic N) is 3. The van der Waals surface area contributed by atoms with Crippen molar-refractivity contribution in [3.8, 4) is 5.88 Å². The van der Waals surface area contributed by atoms with Crippen LogP contribution in [0.4, 0.5) is 19.0 Å². The number of rotatable bonds is 8. The van der Waals surface area contributed by atoms with Crippen LogP contribution >= 0.6 is 0 Å². The summed E-state index contributed by atoms with van der Waals surface area (Å²) in [6.07, 6.45) is 0.197. The molecule has 1 amide bonds. The number of aromatic amines is 1. The standard InChI is InChI=1S/C26H31F3N6O3/c1-2-38-23-6-4-17(12-30-23)25(37)9-7-19(8-10-25)35-14-18(15-35)32-22(36)13-31-24-20-11-16(26(27,28)29)3-5-21(20)33-34-24/h3-6,11-12,18-19,37H,2,7-10,13-15H2,1H3,(H,32,36)(H2,31,33,34). The number of benzene rings is 1. The third kappa shape index (κ3) is 5.56. The number of H-pyrrole nitrogens is 1. The van der Waals surface area contributed by atoms with Gasteiger partial charge in [0.25, 0.3) is 0 Å². The highest BCUT2D eigenvalue weighted by molar-refractivity contribution is 5.92. The third-order valence-electron chi connectivity index (χ3n) is 7.45. The van der Waals surface area contributed by atoms with Crippen LogP contribution in [-0.2, 0) is 16.6 Å². The van der Waals surface area contributed by atoms with E-state index in [1.165, 1.54) is 6.07 Å². The number of carbonyl (C=O) groups is 1. The molecule has 12 heteroatoms. The number of fused-ring (bicyclic) bond motifs is 1. The number of aliphatic hydroxyl groups is 1. The Labute approximate surface area is 217 Å². The number of hydrogen-bond acceptors (Lipinski definition) is 7. The Hall–Kier alpha value is -3.38. The molecule has 9 nitrogen and oxygen atoms in total. The number of anilines is 1. The van der Waals surface area contributed by atoms with Crippen molar-refractivity contribution >= 4 is 22.6 Å². The Morgan fingerprint density at radius 2 is 2.00 bits per heavy atom. The SMILES string of the molecule is CCOc1ccc(C2(O)CCC(N3CC(NC(=O)CNc4n[nH]c5ccc(C(F)(F)F)cc45)C3)CC2)cn1. The van der Waals surface area contributed by atoms with Crippen molar-refractivity contribution in [2.45, 2.75) is 56.5 Å². The predicted molar refractivity (Wildman–Crippen MR) is 135 cm³/mol. The van der Waals surface area contributed by atoms with E-state index in [4.69, 9.17) is 4.74 Å². The monoisotopic (exact) mass is 532 g/mol. The van der Waals surface area contributed by atoms with E-state index in [2.05, 4.69) is 30.7 Å². The summed E-state index contributed by atoms with van der Waals surface area (Å²) in [5, 5.41) is 23.9. The number of alkyl halides is 3. The third-order valence-corrected chi connectivity index (χ3v) is 7.45. The summed E-state index contributed by atoms with van der Waals surface area (Å²) in [6.45, 7) is 3.78. The van der Waals surface area contributed by atoms with Crippen molar-refractivity contribution in [2.75, 3.05) is 31.6 Å². The maximum atomic E-state index is 13.0. The second-order valence-corrected chi connectivity index (χ2v) is 9.98. The number of ether oxygens (including phenoxy) is 1. The molecule has 2 aliphatic rings. The van der Waals surface area contributed by atoms with E-state index in [0.717, 1.165) is 43.6 Å². The summed E-state index contributed by atoms with van der Waals surface area (Å²) in [7, 11) is 0. The molecule has 204 valence electrons. The number of aromatic nitrogens is 3. The molecule has 3 heterocycles. The Morgan fingerprint density at radius 3 is 2.66 bits per heavy atom. The van der Waals surface area contributed by atoms with Crippen LogP contribution in [0, 0.1) is 0 Å². The van der Waals surface area contributed by atoms with E-state index in [1.54, 1.807) is 12.3 Å². The molecular weight excluding hydrogens is 501 g/mol. The van der Waals surface area contributed by atoms with Crippen LogP contribution in [0.15, 0.2) is 36.5 Å². The molecule has 2 aromatic heterocycles. The van der Waals surface area contributed by atoms with E-state index in [9.17, 15) is 23.1 Å². The van der Waals surface area contributed by atoms with Crippen LogP contribution in [0.1, 0.15) is 43.7 Å². The van der Waals surface area contributed by atoms with Crippen molar-refractivity contribution in [1.82, 2.24) is 25.4 Å². The molecule has 1 aliphatic heterocycles. The van der Waals surface area contributed by atoms with E-state index in [0.29, 0.717) is 36.9 Å². The van der Waals surface area contributed by atoms with E-state index in [-0.39, 0.29) is 29.7 Å². The van der Waals surface area contributed by atoms with E-state index < -0.39 is 17.3 Å². The van der Waals surface area contributed by atoms with Gasteiger partial charge in [-0.15, -0.1) is 0 Å². The lowest BCUT2D eigenvalue weighted by atomic mass is 9.77. The maximum Gasteiger partial charge on any atom is 0.416 e. The number of hydrogen-bond donors (Lipinski definition) is 4. The molecule has 0 bridgehead atoms. The zero-order valence-corrected chi connectivity index (χ0v) is 21.0. The maximum absolute atomic E-state index is 13.0. The fourth-order valence-electron chi connectivity index (χ4n) is 5.29. The summed E-state index contributed by atoms with van der Waals surface area (Å²) in [6, 6.07) is 7.34. The highest BCUT2D eigenvalue weighted by Crippen LogP contribution is 2.39. The quantitative estimate of drug-likeness (QED) is 0.352. The highest BCUT2D eigenvalue weighted by Gasteiger charge is 2.40. The number of pyridine rings is 1. The van der Waals surface area contributed by atoms with Gasteiger partial charge in [-0.05, 0) is 56.9 Å². The normalized spacial score (nSPS) is 22.7. The smallest absolute Gasteiger partial charge is 0.416 e. The summed E-state index contributed by atoms with van der Waals surface area (Å²) in [5.41, 5.74) is -0.408. The molecule has 1 saturated heterocycles. The molecule has 0 atom stereocenters. The van der Waals surface area contributed by atoms with Crippen LogP contribution in [-0.4, -0.2) is 69.4 Å². The summed E-state index contributed by atoms with van der Waals surface area (Å²) >= 11 is 0. The first-order valence-electron chi connectivity index (χ1n) is 12.8. The van der Waals surface area contributed by atoms with Gasteiger partial charge in [-0.2, -0.15) is 18.3 Å². The minimum Gasteiger partial charge on any atom is -0.478 e. The van der Waals surface area contributed by atoms with Crippen LogP contribution in [0.2, 0.25) is 0 Å². The molecular formula is C26H31F3N6O3. The molecule has 0 spiro atoms. The number of likely N-dealkylation sites (tertiary alicyclic amines) is 1. The molecule has 38 heavy (non-hydrogen) atoms. The zero-order valence-electron chi connectivity index (χ0n) is 21.0. The summed E-state index contributed by atoms with van der Waals surface area (Å²) in [4.78, 5) is 19.0. The van der Waals surface area contributed by atoms with Gasteiger partial charge in [0.2, 0.25) is 11.8 Å². The largest absolute Gasteiger partial charge is 0.478 e. The zero-order chi connectivity index (χ0) is 26.9. The van der Waals surface area contributed by atoms with Crippen molar-refractivity contribution in [2.24, 2.45) is 0 Å². The molecule has 0 radical (unpaired) electrons. The van der Waals surface area contributed by atoms with Crippen molar-refractivity contribution in [3.63, 3.8) is 0 Å². The molecule has 5 rings (SSSR count). The average Bonchev–Trinajstić information content (AvgIpc) is 3.28. The van der Waals surface area contributed by atoms with Gasteiger partial charge in [0.05, 0.1) is 35.9 Å². The Kier molecular flexibility index (Phi) is 7.19. The lowest BCUT2D eigenvalue weighted by Crippen LogP contribution is -2.63. The highest BCUT2D eigenvalue weighted by atomic mass is 19.4. The number of nitrogens with one attached hydrogen (secondary N) is 3. The van der Waals surface area contributed by atoms with Gasteiger partial charge in [-0.1, -0.05) is 0 Å². The second-order valence-electron chi connectivity index (χ2n) is 9.98. The number of amides is 1. The molecule has 3 aromatic rings. The Morgan fingerprint density at radius 1 is 1.24 bits per heavy atom. The average molecular weight is 533 g/mol. The Balaban J connectivity index is 1.06. The fourth-order valence-corrected chi connectivity index (χ4v) is 5.29. The first kappa shape index (κ1) is 26.2. The number of halogens is 3. The van der Waals surface area contributed by atoms with E-state index in [1.807, 2.05) is 13.0 Å². The van der Waals surface area contributed by atoms with Gasteiger partial charge in [0.15, 0.2) is 5.82 Å². The predicted octanol–water partition coefficient (Wildman–Crippen LogP) is 3.42. The minimum absolute atomic E-state index is 0.00757. The van der Waals surface area contributed by atoms with Gasteiger partial charge in [0, 0.05) is 42.3 Å². The van der Waals surface area contributed by atoms with E-state index >= 15 is 0 Å².